The quantitative estimate of drug-likeness (QED) is 0.753. The minimum atomic E-state index is -4.07. The van der Waals surface area contributed by atoms with E-state index >= 15 is 0 Å². The van der Waals surface area contributed by atoms with Crippen molar-refractivity contribution in [2.75, 3.05) is 17.6 Å². The Labute approximate surface area is 114 Å². The van der Waals surface area contributed by atoms with Crippen molar-refractivity contribution >= 4 is 27.6 Å². The maximum atomic E-state index is 13.5. The van der Waals surface area contributed by atoms with Crippen molar-refractivity contribution in [3.8, 4) is 0 Å². The molecule has 0 fully saturated rings. The summed E-state index contributed by atoms with van der Waals surface area (Å²) in [6.07, 6.45) is -0.428. The summed E-state index contributed by atoms with van der Waals surface area (Å²) in [5.41, 5.74) is -1.18. The number of ether oxygens (including phenoxy) is 1. The van der Waals surface area contributed by atoms with E-state index in [9.17, 15) is 22.4 Å². The Morgan fingerprint density at radius 3 is 2.60 bits per heavy atom. The summed E-state index contributed by atoms with van der Waals surface area (Å²) < 4.78 is 43.0. The summed E-state index contributed by atoms with van der Waals surface area (Å²) in [5.74, 6) is -3.89. The molecular weight excluding hydrogens is 293 g/mol. The van der Waals surface area contributed by atoms with Crippen LogP contribution >= 0.6 is 0 Å². The van der Waals surface area contributed by atoms with Gasteiger partial charge in [-0.25, -0.2) is 17.6 Å². The van der Waals surface area contributed by atoms with Crippen LogP contribution in [0.5, 0.6) is 0 Å². The highest BCUT2D eigenvalue weighted by atomic mass is 32.2. The lowest BCUT2D eigenvalue weighted by Gasteiger charge is -2.10. The zero-order valence-corrected chi connectivity index (χ0v) is 11.2. The van der Waals surface area contributed by atoms with Crippen molar-refractivity contribution in [1.29, 1.82) is 0 Å². The molecule has 0 aliphatic rings. The van der Waals surface area contributed by atoms with Gasteiger partial charge in [0.05, 0.1) is 30.5 Å². The first-order chi connectivity index (χ1) is 9.26. The van der Waals surface area contributed by atoms with Crippen LogP contribution in [0.4, 0.5) is 10.1 Å². The minimum Gasteiger partial charge on any atom is -0.478 e. The lowest BCUT2D eigenvalue weighted by atomic mass is 10.2. The van der Waals surface area contributed by atoms with Crippen molar-refractivity contribution < 1.29 is 32.2 Å². The van der Waals surface area contributed by atoms with Gasteiger partial charge in [0.2, 0.25) is 10.0 Å². The number of aromatic carboxylic acids is 1. The SMILES string of the molecule is COC(=O)CCS(=O)(=O)Nc1c(F)cccc1C(=O)O. The van der Waals surface area contributed by atoms with Gasteiger partial charge in [-0.05, 0) is 12.1 Å². The maximum Gasteiger partial charge on any atom is 0.337 e. The smallest absolute Gasteiger partial charge is 0.337 e. The van der Waals surface area contributed by atoms with E-state index in [0.717, 1.165) is 25.3 Å². The average molecular weight is 305 g/mol. The zero-order valence-electron chi connectivity index (χ0n) is 10.4. The average Bonchev–Trinajstić information content (AvgIpc) is 2.38. The summed E-state index contributed by atoms with van der Waals surface area (Å²) in [6.45, 7) is 0. The predicted molar refractivity (Wildman–Crippen MR) is 67.4 cm³/mol. The number of anilines is 1. The molecule has 20 heavy (non-hydrogen) atoms. The van der Waals surface area contributed by atoms with E-state index in [1.165, 1.54) is 0 Å². The molecule has 0 aliphatic carbocycles. The second-order valence-electron chi connectivity index (χ2n) is 3.71. The third kappa shape index (κ3) is 4.19. The molecule has 0 amide bonds. The first-order valence-corrected chi connectivity index (χ1v) is 7.01. The second-order valence-corrected chi connectivity index (χ2v) is 5.56. The molecule has 2 N–H and O–H groups in total. The van der Waals surface area contributed by atoms with Crippen LogP contribution in [0.3, 0.4) is 0 Å². The number of hydrogen-bond donors (Lipinski definition) is 2. The van der Waals surface area contributed by atoms with E-state index in [1.54, 1.807) is 0 Å². The summed E-state index contributed by atoms with van der Waals surface area (Å²) >= 11 is 0. The van der Waals surface area contributed by atoms with Crippen LogP contribution in [0.1, 0.15) is 16.8 Å². The molecule has 1 aromatic carbocycles. The summed E-state index contributed by atoms with van der Waals surface area (Å²) in [7, 11) is -2.97. The largest absolute Gasteiger partial charge is 0.478 e. The normalized spacial score (nSPS) is 10.9. The molecular formula is C11H12FNO6S. The van der Waals surface area contributed by atoms with Crippen LogP contribution in [-0.2, 0) is 19.6 Å². The molecule has 0 atom stereocenters. The molecule has 0 spiro atoms. The number of para-hydroxylation sites is 1. The summed E-state index contributed by atoms with van der Waals surface area (Å²) in [6, 6.07) is 3.12. The molecule has 0 saturated carbocycles. The fraction of sp³-hybridized carbons (Fsp3) is 0.273. The highest BCUT2D eigenvalue weighted by molar-refractivity contribution is 7.92. The lowest BCUT2D eigenvalue weighted by molar-refractivity contribution is -0.140. The second kappa shape index (κ2) is 6.33. The number of carboxylic acids is 1. The van der Waals surface area contributed by atoms with Crippen molar-refractivity contribution in [2.45, 2.75) is 6.42 Å². The summed E-state index contributed by atoms with van der Waals surface area (Å²) in [5, 5.41) is 8.87. The van der Waals surface area contributed by atoms with E-state index in [-0.39, 0.29) is 0 Å². The molecule has 1 aromatic rings. The van der Waals surface area contributed by atoms with E-state index in [1.807, 2.05) is 4.72 Å². The van der Waals surface area contributed by atoms with Crippen molar-refractivity contribution in [1.82, 2.24) is 0 Å². The Morgan fingerprint density at radius 2 is 2.05 bits per heavy atom. The number of rotatable bonds is 6. The van der Waals surface area contributed by atoms with Crippen LogP contribution in [0.25, 0.3) is 0 Å². The fourth-order valence-electron chi connectivity index (χ4n) is 1.33. The maximum absolute atomic E-state index is 13.5. The van der Waals surface area contributed by atoms with Gasteiger partial charge in [0.15, 0.2) is 0 Å². The molecule has 0 unspecified atom stereocenters. The number of carbonyl (C=O) groups excluding carboxylic acids is 1. The number of esters is 1. The first kappa shape index (κ1) is 15.9. The van der Waals surface area contributed by atoms with Crippen LogP contribution in [0, 0.1) is 5.82 Å². The third-order valence-corrected chi connectivity index (χ3v) is 3.56. The number of sulfonamides is 1. The topological polar surface area (TPSA) is 110 Å². The Bertz CT molecular complexity index is 628. The van der Waals surface area contributed by atoms with Crippen molar-refractivity contribution in [3.63, 3.8) is 0 Å². The van der Waals surface area contributed by atoms with Crippen molar-refractivity contribution in [3.05, 3.63) is 29.6 Å². The van der Waals surface area contributed by atoms with Gasteiger partial charge >= 0.3 is 11.9 Å². The number of nitrogens with one attached hydrogen (secondary N) is 1. The molecule has 0 aromatic heterocycles. The molecule has 0 aliphatic heterocycles. The van der Waals surface area contributed by atoms with Crippen LogP contribution in [0.15, 0.2) is 18.2 Å². The summed E-state index contributed by atoms with van der Waals surface area (Å²) in [4.78, 5) is 21.8. The highest BCUT2D eigenvalue weighted by Gasteiger charge is 2.20. The standard InChI is InChI=1S/C11H12FNO6S/c1-19-9(14)5-6-20(17,18)13-10-7(11(15)16)3-2-4-8(10)12/h2-4,13H,5-6H2,1H3,(H,15,16). The van der Waals surface area contributed by atoms with E-state index < -0.39 is 51.2 Å². The number of halogens is 1. The molecule has 0 radical (unpaired) electrons. The van der Waals surface area contributed by atoms with Gasteiger partial charge in [0.25, 0.3) is 0 Å². The molecule has 9 heteroatoms. The van der Waals surface area contributed by atoms with Gasteiger partial charge in [-0.1, -0.05) is 6.07 Å². The first-order valence-electron chi connectivity index (χ1n) is 5.36. The highest BCUT2D eigenvalue weighted by Crippen LogP contribution is 2.21. The molecule has 0 bridgehead atoms. The minimum absolute atomic E-state index is 0.428. The van der Waals surface area contributed by atoms with Crippen LogP contribution < -0.4 is 4.72 Å². The van der Waals surface area contributed by atoms with Gasteiger partial charge in [0, 0.05) is 0 Å². The molecule has 7 nitrogen and oxygen atoms in total. The number of hydrogen-bond acceptors (Lipinski definition) is 5. The number of carbonyl (C=O) groups is 2. The lowest BCUT2D eigenvalue weighted by Crippen LogP contribution is -2.21. The van der Waals surface area contributed by atoms with Crippen molar-refractivity contribution in [2.24, 2.45) is 0 Å². The number of carboxylic acid groups (broad SMARTS) is 1. The van der Waals surface area contributed by atoms with Crippen LogP contribution in [0.2, 0.25) is 0 Å². The van der Waals surface area contributed by atoms with Gasteiger partial charge in [-0.15, -0.1) is 0 Å². The Morgan fingerprint density at radius 1 is 1.40 bits per heavy atom. The van der Waals surface area contributed by atoms with Gasteiger partial charge < -0.3 is 9.84 Å². The van der Waals surface area contributed by atoms with E-state index in [2.05, 4.69) is 4.74 Å². The molecule has 0 heterocycles. The van der Waals surface area contributed by atoms with E-state index in [4.69, 9.17) is 5.11 Å². The number of benzene rings is 1. The molecule has 1 rings (SSSR count). The fourth-order valence-corrected chi connectivity index (χ4v) is 2.39. The monoisotopic (exact) mass is 305 g/mol. The Hall–Kier alpha value is -2.16. The zero-order chi connectivity index (χ0) is 15.3. The molecule has 110 valence electrons. The Kier molecular flexibility index (Phi) is 5.03. The molecule has 0 saturated heterocycles. The third-order valence-electron chi connectivity index (χ3n) is 2.30. The predicted octanol–water partition coefficient (Wildman–Crippen LogP) is 0.829. The van der Waals surface area contributed by atoms with Gasteiger partial charge in [0.1, 0.15) is 5.82 Å². The number of methoxy groups -OCH3 is 1. The van der Waals surface area contributed by atoms with Crippen LogP contribution in [-0.4, -0.2) is 38.3 Å². The van der Waals surface area contributed by atoms with Gasteiger partial charge in [-0.3, -0.25) is 9.52 Å². The van der Waals surface area contributed by atoms with E-state index in [0.29, 0.717) is 0 Å². The Balaban J connectivity index is 2.98. The van der Waals surface area contributed by atoms with Gasteiger partial charge in [-0.2, -0.15) is 0 Å².